The third-order valence-electron chi connectivity index (χ3n) is 5.13. The van der Waals surface area contributed by atoms with E-state index in [-0.39, 0.29) is 12.3 Å². The maximum atomic E-state index is 12.7. The van der Waals surface area contributed by atoms with Crippen LogP contribution in [0.25, 0.3) is 11.0 Å². The van der Waals surface area contributed by atoms with Gasteiger partial charge in [0.2, 0.25) is 5.91 Å². The summed E-state index contributed by atoms with van der Waals surface area (Å²) in [5.41, 5.74) is 8.60. The third-order valence-corrected chi connectivity index (χ3v) is 6.34. The van der Waals surface area contributed by atoms with Gasteiger partial charge in [-0.05, 0) is 43.4 Å². The number of nitrogens with one attached hydrogen (secondary N) is 1. The molecular formula is C21H22N2O4S. The molecule has 28 heavy (non-hydrogen) atoms. The van der Waals surface area contributed by atoms with Gasteiger partial charge in [-0.15, -0.1) is 11.3 Å². The number of carbonyl (C=O) groups is 2. The van der Waals surface area contributed by atoms with E-state index in [0.717, 1.165) is 48.6 Å². The number of ether oxygens (including phenoxy) is 1. The van der Waals surface area contributed by atoms with Crippen LogP contribution in [0.3, 0.4) is 0 Å². The summed E-state index contributed by atoms with van der Waals surface area (Å²) < 4.78 is 10.7. The topological polar surface area (TPSA) is 94.6 Å². The van der Waals surface area contributed by atoms with Gasteiger partial charge in [0.05, 0.1) is 25.4 Å². The molecule has 6 nitrogen and oxygen atoms in total. The number of anilines is 1. The molecule has 7 heteroatoms. The van der Waals surface area contributed by atoms with Gasteiger partial charge in [0.1, 0.15) is 16.3 Å². The molecule has 1 aliphatic carbocycles. The molecule has 2 aromatic heterocycles. The number of carbonyl (C=O) groups excluding carboxylic acids is 2. The minimum absolute atomic E-state index is 0.153. The van der Waals surface area contributed by atoms with Crippen LogP contribution in [0.1, 0.15) is 45.6 Å². The zero-order valence-electron chi connectivity index (χ0n) is 15.7. The van der Waals surface area contributed by atoms with E-state index in [4.69, 9.17) is 14.9 Å². The van der Waals surface area contributed by atoms with E-state index in [9.17, 15) is 9.59 Å². The van der Waals surface area contributed by atoms with Crippen LogP contribution in [-0.4, -0.2) is 18.9 Å². The first-order chi connectivity index (χ1) is 13.6. The van der Waals surface area contributed by atoms with Gasteiger partial charge in [-0.25, -0.2) is 0 Å². The zero-order valence-corrected chi connectivity index (χ0v) is 16.5. The third kappa shape index (κ3) is 3.49. The Kier molecular flexibility index (Phi) is 5.09. The highest BCUT2D eigenvalue weighted by molar-refractivity contribution is 7.17. The van der Waals surface area contributed by atoms with E-state index in [1.54, 1.807) is 19.4 Å². The van der Waals surface area contributed by atoms with E-state index in [1.807, 2.05) is 12.1 Å². The molecule has 0 saturated carbocycles. The second-order valence-corrected chi connectivity index (χ2v) is 8.09. The molecule has 0 aliphatic heterocycles. The number of amides is 2. The lowest BCUT2D eigenvalue weighted by Crippen LogP contribution is -2.19. The van der Waals surface area contributed by atoms with Crippen molar-refractivity contribution < 1.29 is 18.7 Å². The summed E-state index contributed by atoms with van der Waals surface area (Å²) in [4.78, 5) is 25.9. The minimum Gasteiger partial charge on any atom is -0.497 e. The van der Waals surface area contributed by atoms with Crippen molar-refractivity contribution in [2.45, 2.75) is 38.5 Å². The number of thiophene rings is 1. The summed E-state index contributed by atoms with van der Waals surface area (Å²) in [6.45, 7) is 0. The SMILES string of the molecule is COc1ccc2c(CC(=O)Nc3sc4c(c3C(N)=O)CCCCC4)coc2c1. The Morgan fingerprint density at radius 1 is 1.25 bits per heavy atom. The monoisotopic (exact) mass is 398 g/mol. The first-order valence-electron chi connectivity index (χ1n) is 9.35. The molecule has 1 aromatic carbocycles. The fraction of sp³-hybridized carbons (Fsp3) is 0.333. The number of fused-ring (bicyclic) bond motifs is 2. The predicted octanol–water partition coefficient (Wildman–Crippen LogP) is 4.05. The molecule has 4 rings (SSSR count). The van der Waals surface area contributed by atoms with E-state index < -0.39 is 5.91 Å². The molecule has 0 unspecified atom stereocenters. The Morgan fingerprint density at radius 3 is 2.86 bits per heavy atom. The number of aryl methyl sites for hydroxylation is 1. The van der Waals surface area contributed by atoms with Crippen molar-refractivity contribution in [1.82, 2.24) is 0 Å². The van der Waals surface area contributed by atoms with Gasteiger partial charge in [0.15, 0.2) is 0 Å². The van der Waals surface area contributed by atoms with Crippen LogP contribution < -0.4 is 15.8 Å². The number of hydrogen-bond acceptors (Lipinski definition) is 5. The molecule has 2 amide bonds. The number of benzene rings is 1. The Bertz CT molecular complexity index is 1050. The van der Waals surface area contributed by atoms with Crippen LogP contribution in [0, 0.1) is 0 Å². The molecule has 0 fully saturated rings. The predicted molar refractivity (Wildman–Crippen MR) is 109 cm³/mol. The van der Waals surface area contributed by atoms with Crippen LogP contribution in [0.5, 0.6) is 5.75 Å². The number of hydrogen-bond donors (Lipinski definition) is 2. The van der Waals surface area contributed by atoms with Gasteiger partial charge in [0, 0.05) is 21.9 Å². The number of rotatable bonds is 5. The van der Waals surface area contributed by atoms with E-state index >= 15 is 0 Å². The molecule has 0 bridgehead atoms. The van der Waals surface area contributed by atoms with Crippen molar-refractivity contribution in [1.29, 1.82) is 0 Å². The minimum atomic E-state index is -0.476. The quantitative estimate of drug-likeness (QED) is 0.634. The van der Waals surface area contributed by atoms with Gasteiger partial charge in [-0.3, -0.25) is 9.59 Å². The van der Waals surface area contributed by atoms with Crippen LogP contribution >= 0.6 is 11.3 Å². The Labute approximate surface area is 166 Å². The summed E-state index contributed by atoms with van der Waals surface area (Å²) in [5.74, 6) is 0.0250. The highest BCUT2D eigenvalue weighted by Crippen LogP contribution is 2.37. The van der Waals surface area contributed by atoms with Gasteiger partial charge in [-0.1, -0.05) is 6.42 Å². The Balaban J connectivity index is 1.57. The van der Waals surface area contributed by atoms with Crippen LogP contribution in [0.4, 0.5) is 5.00 Å². The summed E-state index contributed by atoms with van der Waals surface area (Å²) >= 11 is 1.48. The highest BCUT2D eigenvalue weighted by atomic mass is 32.1. The standard InChI is InChI=1S/C21H22N2O4S/c1-26-13-7-8-14-12(11-27-16(14)10-13)9-18(24)23-21-19(20(22)25)15-5-3-2-4-6-17(15)28-21/h7-8,10-11H,2-6,9H2,1H3,(H2,22,25)(H,23,24). The number of methoxy groups -OCH3 is 1. The number of nitrogens with two attached hydrogens (primary N) is 1. The lowest BCUT2D eigenvalue weighted by Gasteiger charge is -2.06. The molecule has 0 saturated heterocycles. The van der Waals surface area contributed by atoms with Crippen molar-refractivity contribution in [2.24, 2.45) is 5.73 Å². The second-order valence-electron chi connectivity index (χ2n) is 6.98. The van der Waals surface area contributed by atoms with Crippen molar-refractivity contribution in [3.8, 4) is 5.75 Å². The lowest BCUT2D eigenvalue weighted by atomic mass is 10.0. The molecular weight excluding hydrogens is 376 g/mol. The van der Waals surface area contributed by atoms with Crippen molar-refractivity contribution in [2.75, 3.05) is 12.4 Å². The molecule has 2 heterocycles. The van der Waals surface area contributed by atoms with Crippen LogP contribution in [0.2, 0.25) is 0 Å². The summed E-state index contributed by atoms with van der Waals surface area (Å²) in [5, 5.41) is 4.34. The zero-order chi connectivity index (χ0) is 19.7. The molecule has 0 atom stereocenters. The number of primary amides is 1. The summed E-state index contributed by atoms with van der Waals surface area (Å²) in [7, 11) is 1.59. The van der Waals surface area contributed by atoms with Crippen molar-refractivity contribution in [3.05, 3.63) is 46.0 Å². The van der Waals surface area contributed by atoms with Crippen molar-refractivity contribution >= 4 is 39.1 Å². The fourth-order valence-electron chi connectivity index (χ4n) is 3.76. The van der Waals surface area contributed by atoms with E-state index in [1.165, 1.54) is 16.2 Å². The van der Waals surface area contributed by atoms with Gasteiger partial charge >= 0.3 is 0 Å². The molecule has 3 aromatic rings. The average Bonchev–Trinajstić information content (AvgIpc) is 3.14. The lowest BCUT2D eigenvalue weighted by molar-refractivity contribution is -0.115. The fourth-order valence-corrected chi connectivity index (χ4v) is 5.07. The smallest absolute Gasteiger partial charge is 0.251 e. The van der Waals surface area contributed by atoms with Crippen LogP contribution in [-0.2, 0) is 24.1 Å². The molecule has 1 aliphatic rings. The largest absolute Gasteiger partial charge is 0.497 e. The van der Waals surface area contributed by atoms with Crippen LogP contribution in [0.15, 0.2) is 28.9 Å². The molecule has 0 radical (unpaired) electrons. The van der Waals surface area contributed by atoms with Crippen molar-refractivity contribution in [3.63, 3.8) is 0 Å². The molecule has 0 spiro atoms. The van der Waals surface area contributed by atoms with Gasteiger partial charge < -0.3 is 20.2 Å². The van der Waals surface area contributed by atoms with Gasteiger partial charge in [0.25, 0.3) is 5.91 Å². The van der Waals surface area contributed by atoms with E-state index in [0.29, 0.717) is 21.9 Å². The first kappa shape index (κ1) is 18.6. The Hall–Kier alpha value is -2.80. The first-order valence-corrected chi connectivity index (χ1v) is 10.2. The maximum Gasteiger partial charge on any atom is 0.251 e. The highest BCUT2D eigenvalue weighted by Gasteiger charge is 2.24. The van der Waals surface area contributed by atoms with E-state index in [2.05, 4.69) is 5.32 Å². The Morgan fingerprint density at radius 2 is 2.07 bits per heavy atom. The number of furan rings is 1. The maximum absolute atomic E-state index is 12.7. The van der Waals surface area contributed by atoms with Gasteiger partial charge in [-0.2, -0.15) is 0 Å². The summed E-state index contributed by atoms with van der Waals surface area (Å²) in [6, 6.07) is 5.50. The summed E-state index contributed by atoms with van der Waals surface area (Å²) in [6.07, 6.45) is 6.81. The molecule has 3 N–H and O–H groups in total. The normalized spacial score (nSPS) is 13.8. The average molecular weight is 398 g/mol. The second kappa shape index (κ2) is 7.67. The molecule has 146 valence electrons.